The summed E-state index contributed by atoms with van der Waals surface area (Å²) in [5.41, 5.74) is 15.6. The number of thiol groups is 1. The number of hydrogen-bond donors (Lipinski definition) is 9. The fourth-order valence-corrected chi connectivity index (χ4v) is 2.71. The molecule has 0 saturated carbocycles. The van der Waals surface area contributed by atoms with Crippen LogP contribution in [0.3, 0.4) is 0 Å². The van der Waals surface area contributed by atoms with E-state index in [9.17, 15) is 38.7 Å². The van der Waals surface area contributed by atoms with E-state index >= 15 is 0 Å². The van der Waals surface area contributed by atoms with Crippen molar-refractivity contribution in [3.63, 3.8) is 0 Å². The Balaban J connectivity index is 5.59. The lowest BCUT2D eigenvalue weighted by Gasteiger charge is -2.24. The van der Waals surface area contributed by atoms with E-state index in [1.54, 1.807) is 0 Å². The van der Waals surface area contributed by atoms with Crippen molar-refractivity contribution < 1.29 is 43.8 Å². The molecule has 0 rings (SSSR count). The van der Waals surface area contributed by atoms with Gasteiger partial charge in [0.15, 0.2) is 0 Å². The Hall–Kier alpha value is -3.40. The van der Waals surface area contributed by atoms with Crippen LogP contribution in [0.25, 0.3) is 0 Å². The molecule has 0 fully saturated rings. The van der Waals surface area contributed by atoms with Crippen LogP contribution < -0.4 is 33.2 Å². The molecular weight excluding hydrogens is 476 g/mol. The second kappa shape index (κ2) is 15.4. The van der Waals surface area contributed by atoms with E-state index in [1.807, 2.05) is 0 Å². The first-order chi connectivity index (χ1) is 15.8. The molecule has 15 nitrogen and oxygen atoms in total. The molecule has 4 atom stereocenters. The molecular formula is C18H30N6O9S. The molecule has 0 aromatic heterocycles. The molecule has 0 radical (unpaired) electrons. The lowest BCUT2D eigenvalue weighted by Crippen LogP contribution is -2.57. The maximum atomic E-state index is 12.7. The molecule has 0 bridgehead atoms. The van der Waals surface area contributed by atoms with Crippen molar-refractivity contribution in [2.75, 3.05) is 5.75 Å². The molecule has 0 aromatic rings. The summed E-state index contributed by atoms with van der Waals surface area (Å²) in [6.07, 6.45) is -2.23. The maximum Gasteiger partial charge on any atom is 0.326 e. The number of carbonyl (C=O) groups excluding carboxylic acids is 5. The number of rotatable bonds is 17. The van der Waals surface area contributed by atoms with Crippen molar-refractivity contribution in [3.05, 3.63) is 0 Å². The average molecular weight is 507 g/mol. The van der Waals surface area contributed by atoms with Gasteiger partial charge in [-0.1, -0.05) is 0 Å². The Labute approximate surface area is 199 Å². The van der Waals surface area contributed by atoms with Crippen molar-refractivity contribution in [2.45, 2.75) is 62.7 Å². The fourth-order valence-electron chi connectivity index (χ4n) is 2.54. The first-order valence-electron chi connectivity index (χ1n) is 10.1. The van der Waals surface area contributed by atoms with Gasteiger partial charge in [0.25, 0.3) is 0 Å². The van der Waals surface area contributed by atoms with Gasteiger partial charge in [0.05, 0.1) is 6.04 Å². The Morgan fingerprint density at radius 2 is 1.06 bits per heavy atom. The zero-order valence-corrected chi connectivity index (χ0v) is 19.1. The minimum absolute atomic E-state index is 0.0649. The van der Waals surface area contributed by atoms with Gasteiger partial charge in [0.1, 0.15) is 18.1 Å². The number of aliphatic carboxylic acids is 2. The lowest BCUT2D eigenvalue weighted by atomic mass is 10.1. The van der Waals surface area contributed by atoms with E-state index in [0.717, 1.165) is 0 Å². The minimum atomic E-state index is -1.52. The Morgan fingerprint density at radius 1 is 0.676 bits per heavy atom. The summed E-state index contributed by atoms with van der Waals surface area (Å²) in [5.74, 6) is -7.19. The van der Waals surface area contributed by atoms with Crippen molar-refractivity contribution in [1.82, 2.24) is 16.0 Å². The molecule has 5 amide bonds. The Morgan fingerprint density at radius 3 is 1.44 bits per heavy atom. The van der Waals surface area contributed by atoms with Gasteiger partial charge in [-0.3, -0.25) is 28.8 Å². The zero-order chi connectivity index (χ0) is 26.4. The highest BCUT2D eigenvalue weighted by molar-refractivity contribution is 7.80. The van der Waals surface area contributed by atoms with E-state index in [1.165, 1.54) is 0 Å². The molecule has 16 heteroatoms. The molecule has 34 heavy (non-hydrogen) atoms. The molecule has 0 aromatic carbocycles. The molecule has 4 unspecified atom stereocenters. The fraction of sp³-hybridized carbons (Fsp3) is 0.611. The van der Waals surface area contributed by atoms with Gasteiger partial charge in [-0.25, -0.2) is 4.79 Å². The first kappa shape index (κ1) is 30.6. The predicted octanol–water partition coefficient (Wildman–Crippen LogP) is -3.82. The summed E-state index contributed by atoms with van der Waals surface area (Å²) in [7, 11) is 0. The second-order valence-electron chi connectivity index (χ2n) is 7.25. The number of hydrogen-bond acceptors (Lipinski definition) is 9. The van der Waals surface area contributed by atoms with Crippen LogP contribution in [-0.4, -0.2) is 81.6 Å². The molecule has 0 heterocycles. The number of carbonyl (C=O) groups is 7. The van der Waals surface area contributed by atoms with E-state index in [0.29, 0.717) is 0 Å². The zero-order valence-electron chi connectivity index (χ0n) is 18.2. The number of nitrogens with one attached hydrogen (secondary N) is 3. The van der Waals surface area contributed by atoms with Crippen LogP contribution in [0.5, 0.6) is 0 Å². The molecule has 0 aliphatic rings. The highest BCUT2D eigenvalue weighted by atomic mass is 32.1. The molecule has 0 aliphatic heterocycles. The van der Waals surface area contributed by atoms with Crippen LogP contribution in [0.2, 0.25) is 0 Å². The van der Waals surface area contributed by atoms with Crippen LogP contribution in [0, 0.1) is 0 Å². The molecule has 0 aliphatic carbocycles. The number of carboxylic acids is 2. The van der Waals surface area contributed by atoms with Crippen LogP contribution in [0.15, 0.2) is 0 Å². The molecule has 0 saturated heterocycles. The smallest absolute Gasteiger partial charge is 0.326 e. The summed E-state index contributed by atoms with van der Waals surface area (Å²) in [5, 5.41) is 24.8. The van der Waals surface area contributed by atoms with Crippen molar-refractivity contribution in [2.24, 2.45) is 17.2 Å². The third-order valence-electron chi connectivity index (χ3n) is 4.42. The van der Waals surface area contributed by atoms with Crippen LogP contribution >= 0.6 is 12.6 Å². The van der Waals surface area contributed by atoms with Gasteiger partial charge in [-0.05, 0) is 19.3 Å². The van der Waals surface area contributed by atoms with Crippen LogP contribution in [0.1, 0.15) is 38.5 Å². The summed E-state index contributed by atoms with van der Waals surface area (Å²) in [6, 6.07) is -5.51. The number of carboxylic acid groups (broad SMARTS) is 2. The molecule has 0 spiro atoms. The summed E-state index contributed by atoms with van der Waals surface area (Å²) >= 11 is 3.87. The first-order valence-corrected chi connectivity index (χ1v) is 10.7. The molecule has 192 valence electrons. The molecule has 11 N–H and O–H groups in total. The van der Waals surface area contributed by atoms with Gasteiger partial charge in [0.2, 0.25) is 29.5 Å². The third kappa shape index (κ3) is 12.6. The normalized spacial score (nSPS) is 14.1. The van der Waals surface area contributed by atoms with Crippen molar-refractivity contribution in [3.8, 4) is 0 Å². The van der Waals surface area contributed by atoms with E-state index in [2.05, 4.69) is 28.6 Å². The Kier molecular flexibility index (Phi) is 13.9. The SMILES string of the molecule is NC(=O)CCC(NC(=O)C(CCC(N)=O)NC(=O)C(CCC(=O)O)NC(=O)C(N)CS)C(=O)O. The standard InChI is InChI=1S/C18H30N6O9S/c19-8(7-34)15(29)22-10(3-6-14(27)28)16(30)23-9(1-4-12(20)25)17(31)24-11(18(32)33)2-5-13(21)26/h8-11,34H,1-7,19H2,(H2,20,25)(H2,21,26)(H,22,29)(H,23,30)(H,24,31)(H,27,28)(H,32,33). The number of amides is 5. The average Bonchev–Trinajstić information content (AvgIpc) is 2.74. The summed E-state index contributed by atoms with van der Waals surface area (Å²) in [6.45, 7) is 0. The quantitative estimate of drug-likeness (QED) is 0.0867. The monoisotopic (exact) mass is 506 g/mol. The Bertz CT molecular complexity index is 794. The van der Waals surface area contributed by atoms with E-state index in [-0.39, 0.29) is 37.9 Å². The van der Waals surface area contributed by atoms with Gasteiger partial charge >= 0.3 is 11.9 Å². The lowest BCUT2D eigenvalue weighted by molar-refractivity contribution is -0.142. The maximum absolute atomic E-state index is 12.7. The van der Waals surface area contributed by atoms with E-state index in [4.69, 9.17) is 22.3 Å². The van der Waals surface area contributed by atoms with Gasteiger partial charge in [-0.15, -0.1) is 0 Å². The summed E-state index contributed by atoms with van der Waals surface area (Å²) in [4.78, 5) is 81.9. The van der Waals surface area contributed by atoms with Crippen LogP contribution in [-0.2, 0) is 33.6 Å². The topological polar surface area (TPSA) is 274 Å². The highest BCUT2D eigenvalue weighted by Crippen LogP contribution is 2.05. The summed E-state index contributed by atoms with van der Waals surface area (Å²) < 4.78 is 0. The third-order valence-corrected chi connectivity index (χ3v) is 4.81. The minimum Gasteiger partial charge on any atom is -0.481 e. The number of primary amides is 2. The van der Waals surface area contributed by atoms with Crippen LogP contribution in [0.4, 0.5) is 0 Å². The van der Waals surface area contributed by atoms with Gasteiger partial charge < -0.3 is 43.4 Å². The second-order valence-corrected chi connectivity index (χ2v) is 7.62. The van der Waals surface area contributed by atoms with Gasteiger partial charge in [0, 0.05) is 25.0 Å². The predicted molar refractivity (Wildman–Crippen MR) is 119 cm³/mol. The van der Waals surface area contributed by atoms with Gasteiger partial charge in [-0.2, -0.15) is 12.6 Å². The van der Waals surface area contributed by atoms with Crippen molar-refractivity contribution in [1.29, 1.82) is 0 Å². The highest BCUT2D eigenvalue weighted by Gasteiger charge is 2.30. The van der Waals surface area contributed by atoms with E-state index < -0.39 is 72.1 Å². The number of nitrogens with two attached hydrogens (primary N) is 3. The van der Waals surface area contributed by atoms with Crippen molar-refractivity contribution >= 4 is 54.1 Å². The largest absolute Gasteiger partial charge is 0.481 e.